The molecule has 0 aliphatic carbocycles. The highest BCUT2D eigenvalue weighted by molar-refractivity contribution is 5.90. The molecule has 1 spiro atoms. The van der Waals surface area contributed by atoms with Crippen LogP contribution in [0.4, 0.5) is 0 Å². The van der Waals surface area contributed by atoms with Crippen LogP contribution in [-0.4, -0.2) is 47.0 Å². The third-order valence-corrected chi connectivity index (χ3v) is 7.45. The zero-order valence-corrected chi connectivity index (χ0v) is 18.2. The zero-order chi connectivity index (χ0) is 21.7. The summed E-state index contributed by atoms with van der Waals surface area (Å²) >= 11 is 0. The van der Waals surface area contributed by atoms with Crippen LogP contribution < -0.4 is 9.47 Å². The Morgan fingerprint density at radius 3 is 2.78 bits per heavy atom. The molecule has 3 aliphatic heterocycles. The Morgan fingerprint density at radius 2 is 1.91 bits per heavy atom. The first-order chi connectivity index (χ1) is 15.6. The van der Waals surface area contributed by atoms with Gasteiger partial charge in [-0.1, -0.05) is 42.5 Å². The largest absolute Gasteiger partial charge is 0.493 e. The highest BCUT2D eigenvalue weighted by Gasteiger charge is 2.43. The van der Waals surface area contributed by atoms with E-state index in [4.69, 9.17) is 9.47 Å². The number of ether oxygens (including phenoxy) is 2. The third kappa shape index (κ3) is 3.45. The van der Waals surface area contributed by atoms with E-state index in [0.717, 1.165) is 72.4 Å². The third-order valence-electron chi connectivity index (χ3n) is 7.45. The first kappa shape index (κ1) is 20.0. The summed E-state index contributed by atoms with van der Waals surface area (Å²) in [5, 5.41) is 24.0. The van der Waals surface area contributed by atoms with Crippen molar-refractivity contribution in [3.8, 4) is 11.5 Å². The van der Waals surface area contributed by atoms with Gasteiger partial charge < -0.3 is 24.6 Å². The molecule has 6 rings (SSSR count). The highest BCUT2D eigenvalue weighted by atomic mass is 16.5. The zero-order valence-electron chi connectivity index (χ0n) is 18.2. The summed E-state index contributed by atoms with van der Waals surface area (Å²) in [4.78, 5) is 2.31. The fourth-order valence-electron chi connectivity index (χ4n) is 5.57. The Balaban J connectivity index is 1.16. The van der Waals surface area contributed by atoms with E-state index in [1.54, 1.807) is 0 Å². The van der Waals surface area contributed by atoms with Crippen LogP contribution in [0.15, 0.2) is 54.6 Å². The SMILES string of the molecule is O[C@H](CN1CCC2(CC1)C[C@H](O)c1ccc3ccccc3c1O2)c1ccc2c(c1)CCO2. The topological polar surface area (TPSA) is 62.2 Å². The van der Waals surface area contributed by atoms with Crippen molar-refractivity contribution in [1.82, 2.24) is 4.90 Å². The number of hydrogen-bond acceptors (Lipinski definition) is 5. The van der Waals surface area contributed by atoms with Gasteiger partial charge in [0.15, 0.2) is 0 Å². The first-order valence-electron chi connectivity index (χ1n) is 11.7. The molecule has 1 saturated heterocycles. The molecule has 3 aliphatic rings. The maximum Gasteiger partial charge on any atom is 0.133 e. The summed E-state index contributed by atoms with van der Waals surface area (Å²) in [5.41, 5.74) is 2.70. The molecule has 0 unspecified atom stereocenters. The number of likely N-dealkylation sites (tertiary alicyclic amines) is 1. The van der Waals surface area contributed by atoms with Crippen molar-refractivity contribution in [3.63, 3.8) is 0 Å². The van der Waals surface area contributed by atoms with Crippen molar-refractivity contribution in [3.05, 3.63) is 71.3 Å². The molecule has 0 amide bonds. The van der Waals surface area contributed by atoms with Crippen LogP contribution in [-0.2, 0) is 6.42 Å². The van der Waals surface area contributed by atoms with Gasteiger partial charge in [-0.15, -0.1) is 0 Å². The van der Waals surface area contributed by atoms with Gasteiger partial charge in [0.05, 0.1) is 18.8 Å². The lowest BCUT2D eigenvalue weighted by Gasteiger charge is -2.46. The molecular weight excluding hydrogens is 402 g/mol. The number of aliphatic hydroxyl groups excluding tert-OH is 2. The maximum atomic E-state index is 10.9. The molecule has 0 bridgehead atoms. The predicted molar refractivity (Wildman–Crippen MR) is 123 cm³/mol. The molecule has 0 radical (unpaired) electrons. The average molecular weight is 432 g/mol. The van der Waals surface area contributed by atoms with E-state index in [2.05, 4.69) is 29.2 Å². The standard InChI is InChI=1S/C27H29NO4/c29-23-16-27(32-26-21-4-2-1-3-18(21)5-7-22(23)26)10-12-28(13-11-27)17-24(30)19-6-8-25-20(15-19)9-14-31-25/h1-8,15,23-24,29-30H,9-14,16-17H2/t23-,24+/m0/s1. The van der Waals surface area contributed by atoms with Crippen LogP contribution in [0.5, 0.6) is 11.5 Å². The number of benzene rings is 3. The highest BCUT2D eigenvalue weighted by Crippen LogP contribution is 2.47. The lowest BCUT2D eigenvalue weighted by molar-refractivity contribution is -0.0577. The number of piperidine rings is 1. The van der Waals surface area contributed by atoms with Crippen LogP contribution in [0, 0.1) is 0 Å². The summed E-state index contributed by atoms with van der Waals surface area (Å²) in [6.07, 6.45) is 2.21. The molecule has 2 N–H and O–H groups in total. The number of rotatable bonds is 3. The summed E-state index contributed by atoms with van der Waals surface area (Å²) in [6.45, 7) is 3.03. The van der Waals surface area contributed by atoms with E-state index < -0.39 is 12.2 Å². The first-order valence-corrected chi connectivity index (χ1v) is 11.7. The lowest BCUT2D eigenvalue weighted by Crippen LogP contribution is -2.51. The van der Waals surface area contributed by atoms with Crippen LogP contribution >= 0.6 is 0 Å². The number of β-amino-alcohol motifs (C(OH)–C–C–N with tert-alkyl or cyclic N) is 1. The molecule has 3 aromatic rings. The van der Waals surface area contributed by atoms with Gasteiger partial charge in [0, 0.05) is 43.4 Å². The van der Waals surface area contributed by atoms with Gasteiger partial charge in [-0.05, 0) is 41.5 Å². The average Bonchev–Trinajstić information content (AvgIpc) is 3.29. The van der Waals surface area contributed by atoms with Gasteiger partial charge in [0.1, 0.15) is 17.1 Å². The molecule has 1 fully saturated rings. The second-order valence-electron chi connectivity index (χ2n) is 9.49. The van der Waals surface area contributed by atoms with Gasteiger partial charge in [0.25, 0.3) is 0 Å². The van der Waals surface area contributed by atoms with E-state index in [9.17, 15) is 10.2 Å². The molecule has 2 atom stereocenters. The molecule has 32 heavy (non-hydrogen) atoms. The lowest BCUT2D eigenvalue weighted by atomic mass is 9.81. The van der Waals surface area contributed by atoms with Crippen LogP contribution in [0.3, 0.4) is 0 Å². The van der Waals surface area contributed by atoms with Crippen molar-refractivity contribution in [1.29, 1.82) is 0 Å². The minimum atomic E-state index is -0.516. The summed E-state index contributed by atoms with van der Waals surface area (Å²) in [6, 6.07) is 18.3. The van der Waals surface area contributed by atoms with Crippen molar-refractivity contribution in [2.24, 2.45) is 0 Å². The minimum absolute atomic E-state index is 0.344. The van der Waals surface area contributed by atoms with Gasteiger partial charge in [-0.2, -0.15) is 0 Å². The van der Waals surface area contributed by atoms with E-state index in [1.807, 2.05) is 30.3 Å². The van der Waals surface area contributed by atoms with E-state index in [0.29, 0.717) is 13.0 Å². The molecule has 5 heteroatoms. The molecule has 3 aromatic carbocycles. The Kier molecular flexibility index (Phi) is 4.86. The molecule has 0 aromatic heterocycles. The number of aliphatic hydroxyl groups is 2. The molecular formula is C27H29NO4. The quantitative estimate of drug-likeness (QED) is 0.652. The van der Waals surface area contributed by atoms with Gasteiger partial charge in [0.2, 0.25) is 0 Å². The molecule has 0 saturated carbocycles. The normalized spacial score (nSPS) is 22.8. The molecule has 3 heterocycles. The second-order valence-corrected chi connectivity index (χ2v) is 9.49. The summed E-state index contributed by atoms with van der Waals surface area (Å²) < 4.78 is 12.3. The van der Waals surface area contributed by atoms with E-state index in [-0.39, 0.29) is 5.60 Å². The summed E-state index contributed by atoms with van der Waals surface area (Å²) in [5.74, 6) is 1.79. The van der Waals surface area contributed by atoms with Crippen LogP contribution in [0.25, 0.3) is 10.8 Å². The van der Waals surface area contributed by atoms with Gasteiger partial charge in [-0.25, -0.2) is 0 Å². The summed E-state index contributed by atoms with van der Waals surface area (Å²) in [7, 11) is 0. The molecule has 5 nitrogen and oxygen atoms in total. The Morgan fingerprint density at radius 1 is 1.06 bits per heavy atom. The Bertz CT molecular complexity index is 1150. The molecule has 166 valence electrons. The van der Waals surface area contributed by atoms with Crippen molar-refractivity contribution in [2.45, 2.75) is 43.5 Å². The smallest absolute Gasteiger partial charge is 0.133 e. The van der Waals surface area contributed by atoms with Crippen LogP contribution in [0.1, 0.15) is 48.2 Å². The fraction of sp³-hybridized carbons (Fsp3) is 0.407. The van der Waals surface area contributed by atoms with Crippen LogP contribution in [0.2, 0.25) is 0 Å². The van der Waals surface area contributed by atoms with Crippen molar-refractivity contribution in [2.75, 3.05) is 26.2 Å². The maximum absolute atomic E-state index is 10.9. The predicted octanol–water partition coefficient (Wildman–Crippen LogP) is 4.16. The number of hydrogen-bond donors (Lipinski definition) is 2. The monoisotopic (exact) mass is 431 g/mol. The van der Waals surface area contributed by atoms with Gasteiger partial charge >= 0.3 is 0 Å². The Hall–Kier alpha value is -2.60. The van der Waals surface area contributed by atoms with Gasteiger partial charge in [-0.3, -0.25) is 0 Å². The minimum Gasteiger partial charge on any atom is -0.493 e. The van der Waals surface area contributed by atoms with E-state index >= 15 is 0 Å². The number of fused-ring (bicyclic) bond motifs is 4. The van der Waals surface area contributed by atoms with E-state index in [1.165, 1.54) is 5.56 Å². The fourth-order valence-corrected chi connectivity index (χ4v) is 5.57. The van der Waals surface area contributed by atoms with Crippen molar-refractivity contribution >= 4 is 10.8 Å². The Labute approximate surface area is 188 Å². The second kappa shape index (κ2) is 7.77. The number of nitrogens with zero attached hydrogens (tertiary/aromatic N) is 1. The van der Waals surface area contributed by atoms with Crippen molar-refractivity contribution < 1.29 is 19.7 Å².